The van der Waals surface area contributed by atoms with Gasteiger partial charge in [0, 0.05) is 19.1 Å². The molecular formula is C13H20N4O. The summed E-state index contributed by atoms with van der Waals surface area (Å²) in [4.78, 5) is 22.6. The van der Waals surface area contributed by atoms with E-state index in [1.165, 1.54) is 0 Å². The first-order chi connectivity index (χ1) is 8.76. The van der Waals surface area contributed by atoms with Crippen LogP contribution in [0.4, 0.5) is 5.82 Å². The van der Waals surface area contributed by atoms with Crippen molar-refractivity contribution in [3.05, 3.63) is 18.1 Å². The molecule has 0 radical (unpaired) electrons. The molecule has 1 N–H and O–H groups in total. The summed E-state index contributed by atoms with van der Waals surface area (Å²) in [5.74, 6) is 0.669. The maximum atomic E-state index is 12.3. The fourth-order valence-corrected chi connectivity index (χ4v) is 1.91. The molecule has 1 aliphatic rings. The average molecular weight is 248 g/mol. The molecule has 1 aromatic heterocycles. The number of hydrogen-bond donors (Lipinski definition) is 1. The molecule has 1 heterocycles. The van der Waals surface area contributed by atoms with Gasteiger partial charge < -0.3 is 10.2 Å². The maximum absolute atomic E-state index is 12.3. The van der Waals surface area contributed by atoms with Crippen molar-refractivity contribution in [2.75, 3.05) is 18.4 Å². The molecule has 0 atom stereocenters. The van der Waals surface area contributed by atoms with Crippen molar-refractivity contribution >= 4 is 11.7 Å². The van der Waals surface area contributed by atoms with Crippen LogP contribution in [0.5, 0.6) is 0 Å². The summed E-state index contributed by atoms with van der Waals surface area (Å²) in [5.41, 5.74) is 0.435. The van der Waals surface area contributed by atoms with Crippen LogP contribution in [-0.4, -0.2) is 39.9 Å². The van der Waals surface area contributed by atoms with Crippen LogP contribution in [-0.2, 0) is 0 Å². The van der Waals surface area contributed by atoms with Gasteiger partial charge in [-0.15, -0.1) is 0 Å². The smallest absolute Gasteiger partial charge is 0.274 e. The van der Waals surface area contributed by atoms with E-state index in [4.69, 9.17) is 0 Å². The Morgan fingerprint density at radius 2 is 2.22 bits per heavy atom. The molecular weight excluding hydrogens is 228 g/mol. The first-order valence-corrected chi connectivity index (χ1v) is 6.63. The molecule has 1 saturated carbocycles. The van der Waals surface area contributed by atoms with E-state index in [-0.39, 0.29) is 5.91 Å². The lowest BCUT2D eigenvalue weighted by molar-refractivity contribution is 0.0746. The van der Waals surface area contributed by atoms with E-state index in [2.05, 4.69) is 22.2 Å². The van der Waals surface area contributed by atoms with E-state index in [1.807, 2.05) is 11.8 Å². The number of aromatic nitrogens is 2. The standard InChI is InChI=1S/C13H20N4O/c1-3-7-15-12-9-14-8-11(16-12)13(18)17(4-2)10-5-6-10/h8-10H,3-7H2,1-2H3,(H,15,16). The van der Waals surface area contributed by atoms with E-state index >= 15 is 0 Å². The third-order valence-corrected chi connectivity index (χ3v) is 3.00. The third kappa shape index (κ3) is 2.97. The molecule has 0 aliphatic heterocycles. The number of nitrogens with one attached hydrogen (secondary N) is 1. The first kappa shape index (κ1) is 12.8. The predicted octanol–water partition coefficient (Wildman–Crippen LogP) is 1.92. The molecule has 5 heteroatoms. The molecule has 0 aromatic carbocycles. The first-order valence-electron chi connectivity index (χ1n) is 6.63. The molecule has 2 rings (SSSR count). The zero-order valence-electron chi connectivity index (χ0n) is 11.0. The Morgan fingerprint density at radius 1 is 1.44 bits per heavy atom. The third-order valence-electron chi connectivity index (χ3n) is 3.00. The van der Waals surface area contributed by atoms with Crippen LogP contribution >= 0.6 is 0 Å². The summed E-state index contributed by atoms with van der Waals surface area (Å²) in [6, 6.07) is 0.413. The number of hydrogen-bond acceptors (Lipinski definition) is 4. The zero-order chi connectivity index (χ0) is 13.0. The van der Waals surface area contributed by atoms with Crippen LogP contribution < -0.4 is 5.32 Å². The quantitative estimate of drug-likeness (QED) is 0.835. The summed E-state index contributed by atoms with van der Waals surface area (Å²) in [6.07, 6.45) is 6.44. The van der Waals surface area contributed by atoms with Gasteiger partial charge in [-0.05, 0) is 26.2 Å². The molecule has 1 aromatic rings. The van der Waals surface area contributed by atoms with Crippen LogP contribution in [0.25, 0.3) is 0 Å². The van der Waals surface area contributed by atoms with E-state index in [0.29, 0.717) is 17.6 Å². The number of carbonyl (C=O) groups excluding carboxylic acids is 1. The van der Waals surface area contributed by atoms with Crippen molar-refractivity contribution in [3.8, 4) is 0 Å². The minimum absolute atomic E-state index is 0.00681. The minimum atomic E-state index is -0.00681. The summed E-state index contributed by atoms with van der Waals surface area (Å²) in [7, 11) is 0. The number of nitrogens with zero attached hydrogens (tertiary/aromatic N) is 3. The highest BCUT2D eigenvalue weighted by atomic mass is 16.2. The molecule has 0 bridgehead atoms. The molecule has 1 amide bonds. The van der Waals surface area contributed by atoms with E-state index in [9.17, 15) is 4.79 Å². The van der Waals surface area contributed by atoms with Crippen LogP contribution in [0.2, 0.25) is 0 Å². The van der Waals surface area contributed by atoms with Gasteiger partial charge in [-0.2, -0.15) is 0 Å². The van der Waals surface area contributed by atoms with Gasteiger partial charge in [0.05, 0.1) is 12.4 Å². The van der Waals surface area contributed by atoms with Crippen molar-refractivity contribution in [1.29, 1.82) is 0 Å². The Bertz CT molecular complexity index is 417. The molecule has 1 fully saturated rings. The lowest BCUT2D eigenvalue weighted by Crippen LogP contribution is -2.33. The second-order valence-electron chi connectivity index (χ2n) is 4.54. The summed E-state index contributed by atoms with van der Waals surface area (Å²) in [5, 5.41) is 3.15. The van der Waals surface area contributed by atoms with Gasteiger partial charge in [-0.1, -0.05) is 6.92 Å². The van der Waals surface area contributed by atoms with Crippen molar-refractivity contribution < 1.29 is 4.79 Å². The van der Waals surface area contributed by atoms with Gasteiger partial charge >= 0.3 is 0 Å². The summed E-state index contributed by atoms with van der Waals surface area (Å²) < 4.78 is 0. The van der Waals surface area contributed by atoms with Gasteiger partial charge in [0.1, 0.15) is 11.5 Å². The maximum Gasteiger partial charge on any atom is 0.274 e. The summed E-state index contributed by atoms with van der Waals surface area (Å²) in [6.45, 7) is 5.66. The van der Waals surface area contributed by atoms with Crippen molar-refractivity contribution in [2.45, 2.75) is 39.2 Å². The monoisotopic (exact) mass is 248 g/mol. The van der Waals surface area contributed by atoms with Crippen molar-refractivity contribution in [2.24, 2.45) is 0 Å². The Hall–Kier alpha value is -1.65. The summed E-state index contributed by atoms with van der Waals surface area (Å²) >= 11 is 0. The van der Waals surface area contributed by atoms with Gasteiger partial charge in [-0.3, -0.25) is 9.78 Å². The molecule has 1 aliphatic carbocycles. The fraction of sp³-hybridized carbons (Fsp3) is 0.615. The topological polar surface area (TPSA) is 58.1 Å². The van der Waals surface area contributed by atoms with Gasteiger partial charge in [0.15, 0.2) is 0 Å². The van der Waals surface area contributed by atoms with Crippen molar-refractivity contribution in [1.82, 2.24) is 14.9 Å². The van der Waals surface area contributed by atoms with Crippen molar-refractivity contribution in [3.63, 3.8) is 0 Å². The molecule has 0 spiro atoms. The van der Waals surface area contributed by atoms with Crippen LogP contribution in [0.1, 0.15) is 43.6 Å². The van der Waals surface area contributed by atoms with E-state index < -0.39 is 0 Å². The van der Waals surface area contributed by atoms with E-state index in [0.717, 1.165) is 32.4 Å². The lowest BCUT2D eigenvalue weighted by Gasteiger charge is -2.19. The highest BCUT2D eigenvalue weighted by molar-refractivity contribution is 5.92. The van der Waals surface area contributed by atoms with Crippen LogP contribution in [0, 0.1) is 0 Å². The van der Waals surface area contributed by atoms with Gasteiger partial charge in [0.2, 0.25) is 0 Å². The molecule has 5 nitrogen and oxygen atoms in total. The fourth-order valence-electron chi connectivity index (χ4n) is 1.91. The predicted molar refractivity (Wildman–Crippen MR) is 70.5 cm³/mol. The molecule has 18 heavy (non-hydrogen) atoms. The zero-order valence-corrected chi connectivity index (χ0v) is 11.0. The number of amides is 1. The highest BCUT2D eigenvalue weighted by Gasteiger charge is 2.32. The SMILES string of the molecule is CCCNc1cncc(C(=O)N(CC)C2CC2)n1. The second-order valence-corrected chi connectivity index (χ2v) is 4.54. The number of carbonyl (C=O) groups is 1. The highest BCUT2D eigenvalue weighted by Crippen LogP contribution is 2.27. The Labute approximate surface area is 108 Å². The average Bonchev–Trinajstić information content (AvgIpc) is 3.22. The van der Waals surface area contributed by atoms with Gasteiger partial charge in [-0.25, -0.2) is 4.98 Å². The normalized spacial score (nSPS) is 14.3. The number of anilines is 1. The van der Waals surface area contributed by atoms with E-state index in [1.54, 1.807) is 12.4 Å². The van der Waals surface area contributed by atoms with Gasteiger partial charge in [0.25, 0.3) is 5.91 Å². The lowest BCUT2D eigenvalue weighted by atomic mass is 10.3. The van der Waals surface area contributed by atoms with Crippen LogP contribution in [0.15, 0.2) is 12.4 Å². The molecule has 0 unspecified atom stereocenters. The minimum Gasteiger partial charge on any atom is -0.369 e. The molecule has 0 saturated heterocycles. The second kappa shape index (κ2) is 5.80. The Kier molecular flexibility index (Phi) is 4.12. The Morgan fingerprint density at radius 3 is 2.83 bits per heavy atom. The largest absolute Gasteiger partial charge is 0.369 e. The molecule has 98 valence electrons. The van der Waals surface area contributed by atoms with Crippen LogP contribution in [0.3, 0.4) is 0 Å². The number of rotatable bonds is 6. The Balaban J connectivity index is 2.08.